The largest absolute Gasteiger partial charge is 0.338 e. The summed E-state index contributed by atoms with van der Waals surface area (Å²) < 4.78 is 7.39. The number of carbonyl (C=O) groups excluding carboxylic acids is 1. The molecule has 1 aromatic carbocycles. The van der Waals surface area contributed by atoms with E-state index in [4.69, 9.17) is 4.52 Å². The molecular formula is C17H17BrN4O3S. The van der Waals surface area contributed by atoms with Gasteiger partial charge in [0.15, 0.2) is 5.16 Å². The van der Waals surface area contributed by atoms with Crippen molar-refractivity contribution in [1.29, 1.82) is 0 Å². The second-order valence-electron chi connectivity index (χ2n) is 5.69. The second kappa shape index (κ2) is 7.63. The normalized spacial score (nSPS) is 12.3. The first-order chi connectivity index (χ1) is 12.4. The summed E-state index contributed by atoms with van der Waals surface area (Å²) in [6.45, 7) is 5.86. The van der Waals surface area contributed by atoms with E-state index < -0.39 is 5.25 Å². The van der Waals surface area contributed by atoms with Gasteiger partial charge < -0.3 is 4.52 Å². The van der Waals surface area contributed by atoms with E-state index in [-0.39, 0.29) is 11.5 Å². The lowest BCUT2D eigenvalue weighted by Crippen LogP contribution is -2.26. The molecule has 0 aliphatic rings. The van der Waals surface area contributed by atoms with Gasteiger partial charge in [-0.3, -0.25) is 19.5 Å². The third kappa shape index (κ3) is 3.83. The molecule has 136 valence electrons. The first kappa shape index (κ1) is 18.7. The van der Waals surface area contributed by atoms with Gasteiger partial charge >= 0.3 is 0 Å². The van der Waals surface area contributed by atoms with Crippen molar-refractivity contribution in [1.82, 2.24) is 14.7 Å². The lowest BCUT2D eigenvalue weighted by atomic mass is 10.2. The highest BCUT2D eigenvalue weighted by Gasteiger charge is 2.20. The van der Waals surface area contributed by atoms with E-state index in [9.17, 15) is 9.59 Å². The predicted molar refractivity (Wildman–Crippen MR) is 105 cm³/mol. The number of anilines is 1. The molecule has 1 amide bonds. The minimum atomic E-state index is -0.474. The van der Waals surface area contributed by atoms with Crippen molar-refractivity contribution in [3.63, 3.8) is 0 Å². The number of fused-ring (bicyclic) bond motifs is 1. The summed E-state index contributed by atoms with van der Waals surface area (Å²) in [5.41, 5.74) is 1.16. The summed E-state index contributed by atoms with van der Waals surface area (Å²) in [5.74, 6) is 0.0445. The summed E-state index contributed by atoms with van der Waals surface area (Å²) in [4.78, 5) is 29.7. The van der Waals surface area contributed by atoms with Gasteiger partial charge in [-0.2, -0.15) is 0 Å². The molecule has 0 saturated heterocycles. The molecule has 0 bridgehead atoms. The predicted octanol–water partition coefficient (Wildman–Crippen LogP) is 3.59. The quantitative estimate of drug-likeness (QED) is 0.485. The molecule has 2 heterocycles. The number of carbonyl (C=O) groups is 1. The zero-order valence-corrected chi connectivity index (χ0v) is 16.8. The lowest BCUT2D eigenvalue weighted by molar-refractivity contribution is -0.115. The van der Waals surface area contributed by atoms with Gasteiger partial charge in [0.25, 0.3) is 5.56 Å². The molecule has 3 aromatic rings. The van der Waals surface area contributed by atoms with Crippen LogP contribution in [0.3, 0.4) is 0 Å². The zero-order valence-electron chi connectivity index (χ0n) is 14.4. The smallest absolute Gasteiger partial charge is 0.262 e. The minimum absolute atomic E-state index is 0.125. The number of halogens is 1. The van der Waals surface area contributed by atoms with Gasteiger partial charge in [-0.05, 0) is 39.0 Å². The molecule has 2 aromatic heterocycles. The van der Waals surface area contributed by atoms with E-state index in [2.05, 4.69) is 31.4 Å². The number of thioether (sulfide) groups is 1. The van der Waals surface area contributed by atoms with E-state index in [1.54, 1.807) is 36.6 Å². The maximum absolute atomic E-state index is 12.7. The van der Waals surface area contributed by atoms with Crippen LogP contribution in [0.15, 0.2) is 43.2 Å². The summed E-state index contributed by atoms with van der Waals surface area (Å²) >= 11 is 4.60. The van der Waals surface area contributed by atoms with Crippen LogP contribution in [0.1, 0.15) is 19.5 Å². The highest BCUT2D eigenvalue weighted by atomic mass is 79.9. The zero-order chi connectivity index (χ0) is 18.8. The van der Waals surface area contributed by atoms with E-state index in [0.717, 1.165) is 4.47 Å². The molecule has 1 atom stereocenters. The summed E-state index contributed by atoms with van der Waals surface area (Å²) in [5, 5.41) is 6.98. The van der Waals surface area contributed by atoms with Gasteiger partial charge in [-0.1, -0.05) is 32.8 Å². The molecular weight excluding hydrogens is 420 g/mol. The van der Waals surface area contributed by atoms with Crippen LogP contribution < -0.4 is 10.9 Å². The Morgan fingerprint density at radius 1 is 1.42 bits per heavy atom. The topological polar surface area (TPSA) is 90.0 Å². The van der Waals surface area contributed by atoms with Gasteiger partial charge in [0.1, 0.15) is 0 Å². The van der Waals surface area contributed by atoms with Crippen LogP contribution in [-0.2, 0) is 11.3 Å². The fourth-order valence-electron chi connectivity index (χ4n) is 2.40. The van der Waals surface area contributed by atoms with Crippen LogP contribution in [0.4, 0.5) is 5.88 Å². The summed E-state index contributed by atoms with van der Waals surface area (Å²) in [6, 6.07) is 7.02. The van der Waals surface area contributed by atoms with Gasteiger partial charge in [-0.15, -0.1) is 0 Å². The Labute approximate surface area is 162 Å². The van der Waals surface area contributed by atoms with Gasteiger partial charge in [0, 0.05) is 17.1 Å². The molecule has 0 saturated carbocycles. The van der Waals surface area contributed by atoms with Crippen molar-refractivity contribution < 1.29 is 9.32 Å². The highest BCUT2D eigenvalue weighted by Crippen LogP contribution is 2.24. The SMILES string of the molecule is CCn1c(SC(C)C(=O)Nc2cc(C)no2)nc2ccc(Br)cc2c1=O. The number of nitrogens with zero attached hydrogens (tertiary/aromatic N) is 3. The van der Waals surface area contributed by atoms with E-state index in [1.807, 2.05) is 13.0 Å². The Bertz CT molecular complexity index is 1030. The fraction of sp³-hybridized carbons (Fsp3) is 0.294. The number of hydrogen-bond donors (Lipinski definition) is 1. The Kier molecular flexibility index (Phi) is 5.47. The highest BCUT2D eigenvalue weighted by molar-refractivity contribution is 9.10. The van der Waals surface area contributed by atoms with Gasteiger partial charge in [0.2, 0.25) is 11.8 Å². The Hall–Kier alpha value is -2.13. The van der Waals surface area contributed by atoms with Crippen molar-refractivity contribution in [3.05, 3.63) is 44.8 Å². The molecule has 9 heteroatoms. The molecule has 7 nitrogen and oxygen atoms in total. The Balaban J connectivity index is 1.88. The molecule has 26 heavy (non-hydrogen) atoms. The van der Waals surface area contributed by atoms with Crippen LogP contribution in [0.2, 0.25) is 0 Å². The molecule has 0 spiro atoms. The van der Waals surface area contributed by atoms with Crippen LogP contribution in [0.5, 0.6) is 0 Å². The Morgan fingerprint density at radius 3 is 2.85 bits per heavy atom. The summed E-state index contributed by atoms with van der Waals surface area (Å²) in [6.07, 6.45) is 0. The first-order valence-electron chi connectivity index (χ1n) is 8.00. The van der Waals surface area contributed by atoms with Crippen LogP contribution in [0.25, 0.3) is 10.9 Å². The number of aromatic nitrogens is 3. The van der Waals surface area contributed by atoms with Crippen molar-refractivity contribution in [2.24, 2.45) is 0 Å². The number of nitrogens with one attached hydrogen (secondary N) is 1. The van der Waals surface area contributed by atoms with E-state index in [1.165, 1.54) is 11.8 Å². The molecule has 0 aliphatic heterocycles. The second-order valence-corrected chi connectivity index (χ2v) is 7.91. The monoisotopic (exact) mass is 436 g/mol. The number of hydrogen-bond acceptors (Lipinski definition) is 6. The third-order valence-corrected chi connectivity index (χ3v) is 5.31. The van der Waals surface area contributed by atoms with Crippen molar-refractivity contribution >= 4 is 50.4 Å². The van der Waals surface area contributed by atoms with Crippen LogP contribution >= 0.6 is 27.7 Å². The standard InChI is InChI=1S/C17H17BrN4O3S/c1-4-22-16(24)12-8-11(18)5-6-13(12)19-17(22)26-10(3)15(23)20-14-7-9(2)21-25-14/h5-8,10H,4H2,1-3H3,(H,20,23). The lowest BCUT2D eigenvalue weighted by Gasteiger charge is -2.14. The summed E-state index contributed by atoms with van der Waals surface area (Å²) in [7, 11) is 0. The van der Waals surface area contributed by atoms with Gasteiger partial charge in [-0.25, -0.2) is 4.98 Å². The Morgan fingerprint density at radius 2 is 2.19 bits per heavy atom. The van der Waals surface area contributed by atoms with E-state index >= 15 is 0 Å². The average molecular weight is 437 g/mol. The maximum Gasteiger partial charge on any atom is 0.262 e. The maximum atomic E-state index is 12.7. The molecule has 0 radical (unpaired) electrons. The molecule has 0 aliphatic carbocycles. The number of aryl methyl sites for hydroxylation is 1. The van der Waals surface area contributed by atoms with Crippen molar-refractivity contribution in [3.8, 4) is 0 Å². The fourth-order valence-corrected chi connectivity index (χ4v) is 3.73. The van der Waals surface area contributed by atoms with Crippen LogP contribution in [0, 0.1) is 6.92 Å². The van der Waals surface area contributed by atoms with E-state index in [0.29, 0.717) is 34.2 Å². The molecule has 3 rings (SSSR count). The minimum Gasteiger partial charge on any atom is -0.338 e. The average Bonchev–Trinajstić information content (AvgIpc) is 3.00. The van der Waals surface area contributed by atoms with Crippen molar-refractivity contribution in [2.75, 3.05) is 5.32 Å². The molecule has 1 unspecified atom stereocenters. The number of amides is 1. The number of rotatable bonds is 5. The molecule has 1 N–H and O–H groups in total. The van der Waals surface area contributed by atoms with Gasteiger partial charge in [0.05, 0.1) is 21.8 Å². The molecule has 0 fully saturated rings. The first-order valence-corrected chi connectivity index (χ1v) is 9.67. The third-order valence-electron chi connectivity index (χ3n) is 3.72. The number of benzene rings is 1. The van der Waals surface area contributed by atoms with Crippen molar-refractivity contribution in [2.45, 2.75) is 37.7 Å². The van der Waals surface area contributed by atoms with Crippen LogP contribution in [-0.4, -0.2) is 25.9 Å².